The lowest BCUT2D eigenvalue weighted by molar-refractivity contribution is 0.0996. The van der Waals surface area contributed by atoms with Gasteiger partial charge in [0.1, 0.15) is 11.6 Å². The number of aromatic nitrogens is 2. The van der Waals surface area contributed by atoms with E-state index in [9.17, 15) is 18.4 Å². The lowest BCUT2D eigenvalue weighted by Crippen LogP contribution is -2.15. The number of nitrogens with one attached hydrogen (secondary N) is 1. The Morgan fingerprint density at radius 3 is 2.62 bits per heavy atom. The first-order chi connectivity index (χ1) is 12.3. The quantitative estimate of drug-likeness (QED) is 0.724. The second kappa shape index (κ2) is 6.89. The van der Waals surface area contributed by atoms with Gasteiger partial charge < -0.3 is 15.6 Å². The highest BCUT2D eigenvalue weighted by molar-refractivity contribution is 6.34. The molecule has 0 radical (unpaired) electrons. The Labute approximate surface area is 149 Å². The predicted molar refractivity (Wildman–Crippen MR) is 87.6 cm³/mol. The molecule has 0 unspecified atom stereocenters. The largest absolute Gasteiger partial charge is 0.366 e. The van der Waals surface area contributed by atoms with Crippen molar-refractivity contribution in [3.05, 3.63) is 64.4 Å². The Kier molecular flexibility index (Phi) is 4.63. The third-order valence-corrected chi connectivity index (χ3v) is 3.59. The summed E-state index contributed by atoms with van der Waals surface area (Å²) in [5.74, 6) is -3.73. The number of hydrogen-bond donors (Lipinski definition) is 2. The van der Waals surface area contributed by atoms with Crippen molar-refractivity contribution < 1.29 is 22.9 Å². The third kappa shape index (κ3) is 3.52. The van der Waals surface area contributed by atoms with Crippen LogP contribution >= 0.6 is 11.6 Å². The van der Waals surface area contributed by atoms with Crippen LogP contribution in [0.2, 0.25) is 5.02 Å². The molecule has 0 atom stereocenters. The molecule has 3 aromatic rings. The van der Waals surface area contributed by atoms with E-state index >= 15 is 0 Å². The fourth-order valence-corrected chi connectivity index (χ4v) is 2.34. The molecule has 132 valence electrons. The van der Waals surface area contributed by atoms with Crippen molar-refractivity contribution in [3.63, 3.8) is 0 Å². The summed E-state index contributed by atoms with van der Waals surface area (Å²) in [6, 6.07) is 6.75. The highest BCUT2D eigenvalue weighted by Crippen LogP contribution is 2.23. The number of carbonyl (C=O) groups excluding carboxylic acids is 2. The minimum absolute atomic E-state index is 0.0472. The maximum atomic E-state index is 13.7. The SMILES string of the molecule is NC(=O)c1ccc(NC(=O)c2noc(-c3cc(F)ccc3F)n2)cc1Cl. The summed E-state index contributed by atoms with van der Waals surface area (Å²) < 4.78 is 31.7. The molecule has 0 saturated carbocycles. The zero-order valence-corrected chi connectivity index (χ0v) is 13.6. The second-order valence-corrected chi connectivity index (χ2v) is 5.47. The number of primary amides is 1. The van der Waals surface area contributed by atoms with Gasteiger partial charge in [-0.05, 0) is 36.4 Å². The highest BCUT2D eigenvalue weighted by Gasteiger charge is 2.19. The molecule has 0 aliphatic heterocycles. The van der Waals surface area contributed by atoms with Crippen molar-refractivity contribution >= 4 is 29.1 Å². The van der Waals surface area contributed by atoms with Crippen molar-refractivity contribution in [1.29, 1.82) is 0 Å². The molecule has 26 heavy (non-hydrogen) atoms. The van der Waals surface area contributed by atoms with E-state index in [1.165, 1.54) is 18.2 Å². The van der Waals surface area contributed by atoms with Gasteiger partial charge in [-0.3, -0.25) is 9.59 Å². The van der Waals surface area contributed by atoms with Gasteiger partial charge in [-0.15, -0.1) is 0 Å². The first kappa shape index (κ1) is 17.5. The van der Waals surface area contributed by atoms with Gasteiger partial charge in [0.05, 0.1) is 16.1 Å². The van der Waals surface area contributed by atoms with E-state index in [-0.39, 0.29) is 27.7 Å². The molecule has 7 nitrogen and oxygen atoms in total. The van der Waals surface area contributed by atoms with Gasteiger partial charge in [0.15, 0.2) is 0 Å². The molecule has 0 aliphatic carbocycles. The number of rotatable bonds is 4. The molecule has 0 spiro atoms. The Balaban J connectivity index is 1.81. The number of anilines is 1. The Morgan fingerprint density at radius 2 is 1.92 bits per heavy atom. The van der Waals surface area contributed by atoms with Crippen molar-refractivity contribution in [1.82, 2.24) is 10.1 Å². The molecule has 0 saturated heterocycles. The Bertz CT molecular complexity index is 1020. The Morgan fingerprint density at radius 1 is 1.15 bits per heavy atom. The number of halogens is 3. The van der Waals surface area contributed by atoms with Crippen LogP contribution in [0.25, 0.3) is 11.5 Å². The van der Waals surface area contributed by atoms with Gasteiger partial charge in [0.25, 0.3) is 17.6 Å². The van der Waals surface area contributed by atoms with Gasteiger partial charge in [-0.1, -0.05) is 16.8 Å². The molecule has 0 bridgehead atoms. The van der Waals surface area contributed by atoms with Crippen LogP contribution in [0, 0.1) is 11.6 Å². The van der Waals surface area contributed by atoms with Crippen molar-refractivity contribution in [2.24, 2.45) is 5.73 Å². The Hall–Kier alpha value is -3.33. The van der Waals surface area contributed by atoms with Crippen LogP contribution < -0.4 is 11.1 Å². The summed E-state index contributed by atoms with van der Waals surface area (Å²) >= 11 is 5.89. The molecular weight excluding hydrogens is 370 g/mol. The number of benzene rings is 2. The lowest BCUT2D eigenvalue weighted by atomic mass is 10.2. The van der Waals surface area contributed by atoms with Gasteiger partial charge in [0, 0.05) is 5.69 Å². The van der Waals surface area contributed by atoms with Gasteiger partial charge in [-0.25, -0.2) is 8.78 Å². The highest BCUT2D eigenvalue weighted by atomic mass is 35.5. The van der Waals surface area contributed by atoms with E-state index in [1.807, 2.05) is 0 Å². The molecule has 3 rings (SSSR count). The summed E-state index contributed by atoms with van der Waals surface area (Å²) in [6.45, 7) is 0. The zero-order chi connectivity index (χ0) is 18.8. The molecule has 2 amide bonds. The van der Waals surface area contributed by atoms with Gasteiger partial charge >= 0.3 is 0 Å². The lowest BCUT2D eigenvalue weighted by Gasteiger charge is -2.05. The first-order valence-electron chi connectivity index (χ1n) is 7.05. The average Bonchev–Trinajstić information content (AvgIpc) is 3.06. The summed E-state index contributed by atoms with van der Waals surface area (Å²) in [5.41, 5.74) is 5.20. The number of hydrogen-bond acceptors (Lipinski definition) is 5. The van der Waals surface area contributed by atoms with Crippen LogP contribution in [0.5, 0.6) is 0 Å². The maximum absolute atomic E-state index is 13.7. The van der Waals surface area contributed by atoms with Crippen molar-refractivity contribution in [2.75, 3.05) is 5.32 Å². The normalized spacial score (nSPS) is 10.6. The van der Waals surface area contributed by atoms with E-state index in [4.69, 9.17) is 21.9 Å². The van der Waals surface area contributed by atoms with Crippen LogP contribution in [-0.4, -0.2) is 22.0 Å². The number of amides is 2. The van der Waals surface area contributed by atoms with Gasteiger partial charge in [0.2, 0.25) is 5.91 Å². The molecule has 2 aromatic carbocycles. The van der Waals surface area contributed by atoms with E-state index in [1.54, 1.807) is 0 Å². The van der Waals surface area contributed by atoms with Crippen molar-refractivity contribution in [2.45, 2.75) is 0 Å². The van der Waals surface area contributed by atoms with E-state index < -0.39 is 29.3 Å². The molecule has 1 heterocycles. The fraction of sp³-hybridized carbons (Fsp3) is 0. The summed E-state index contributed by atoms with van der Waals surface area (Å²) in [5, 5.41) is 5.91. The first-order valence-corrected chi connectivity index (χ1v) is 7.43. The number of nitrogens with zero attached hydrogens (tertiary/aromatic N) is 2. The second-order valence-electron chi connectivity index (χ2n) is 5.06. The molecule has 1 aromatic heterocycles. The van der Waals surface area contributed by atoms with Crippen molar-refractivity contribution in [3.8, 4) is 11.5 Å². The zero-order valence-electron chi connectivity index (χ0n) is 12.8. The minimum atomic E-state index is -0.782. The topological polar surface area (TPSA) is 111 Å². The van der Waals surface area contributed by atoms with Crippen LogP contribution in [0.4, 0.5) is 14.5 Å². The van der Waals surface area contributed by atoms with Crippen LogP contribution in [-0.2, 0) is 0 Å². The summed E-state index contributed by atoms with van der Waals surface area (Å²) in [4.78, 5) is 27.0. The molecule has 0 fully saturated rings. The van der Waals surface area contributed by atoms with E-state index in [0.29, 0.717) is 0 Å². The smallest absolute Gasteiger partial charge is 0.297 e. The maximum Gasteiger partial charge on any atom is 0.297 e. The average molecular weight is 379 g/mol. The molecular formula is C16H9ClF2N4O3. The van der Waals surface area contributed by atoms with Crippen LogP contribution in [0.3, 0.4) is 0 Å². The van der Waals surface area contributed by atoms with Crippen LogP contribution in [0.1, 0.15) is 21.0 Å². The summed E-state index contributed by atoms with van der Waals surface area (Å²) in [7, 11) is 0. The molecule has 3 N–H and O–H groups in total. The monoisotopic (exact) mass is 378 g/mol. The fourth-order valence-electron chi connectivity index (χ4n) is 2.07. The van der Waals surface area contributed by atoms with Crippen LogP contribution in [0.15, 0.2) is 40.9 Å². The summed E-state index contributed by atoms with van der Waals surface area (Å²) in [6.07, 6.45) is 0. The third-order valence-electron chi connectivity index (χ3n) is 3.28. The number of carbonyl (C=O) groups is 2. The molecule has 10 heteroatoms. The van der Waals surface area contributed by atoms with E-state index in [2.05, 4.69) is 15.5 Å². The standard InChI is InChI=1S/C16H9ClF2N4O3/c17-11-6-8(2-3-9(11)13(20)24)21-15(25)14-22-16(26-23-14)10-5-7(18)1-4-12(10)19/h1-6H,(H2,20,24)(H,21,25). The van der Waals surface area contributed by atoms with E-state index in [0.717, 1.165) is 18.2 Å². The van der Waals surface area contributed by atoms with Gasteiger partial charge in [-0.2, -0.15) is 4.98 Å². The number of nitrogens with two attached hydrogens (primary N) is 1. The molecule has 0 aliphatic rings. The minimum Gasteiger partial charge on any atom is -0.366 e. The predicted octanol–water partition coefficient (Wildman–Crippen LogP) is 3.02.